The van der Waals surface area contributed by atoms with Crippen LogP contribution in [0.15, 0.2) is 42.5 Å². The topological polar surface area (TPSA) is 58.2 Å². The molecule has 144 valence electrons. The quantitative estimate of drug-likeness (QED) is 0.748. The molecular formula is C19H19F3N2O2S. The lowest BCUT2D eigenvalue weighted by Crippen LogP contribution is -2.18. The van der Waals surface area contributed by atoms with Crippen LogP contribution in [0, 0.1) is 13.8 Å². The minimum atomic E-state index is -4.47. The van der Waals surface area contributed by atoms with Crippen molar-refractivity contribution in [3.63, 3.8) is 0 Å². The third-order valence-corrected chi connectivity index (χ3v) is 4.66. The molecule has 4 nitrogen and oxygen atoms in total. The predicted octanol–water partition coefficient (Wildman–Crippen LogP) is 4.63. The summed E-state index contributed by atoms with van der Waals surface area (Å²) in [4.78, 5) is 23.8. The molecule has 2 rings (SSSR count). The zero-order chi connectivity index (χ0) is 20.0. The third-order valence-electron chi connectivity index (χ3n) is 3.73. The molecular weight excluding hydrogens is 377 g/mol. The molecule has 2 N–H and O–H groups in total. The van der Waals surface area contributed by atoms with Gasteiger partial charge in [0.2, 0.25) is 11.8 Å². The Kier molecular flexibility index (Phi) is 6.90. The van der Waals surface area contributed by atoms with Crippen LogP contribution < -0.4 is 10.6 Å². The molecule has 0 bridgehead atoms. The Bertz CT molecular complexity index is 838. The van der Waals surface area contributed by atoms with Crippen molar-refractivity contribution in [2.24, 2.45) is 0 Å². The van der Waals surface area contributed by atoms with Gasteiger partial charge in [-0.1, -0.05) is 12.1 Å². The van der Waals surface area contributed by atoms with E-state index in [4.69, 9.17) is 0 Å². The Morgan fingerprint density at radius 3 is 2.04 bits per heavy atom. The van der Waals surface area contributed by atoms with Crippen molar-refractivity contribution >= 4 is 35.0 Å². The van der Waals surface area contributed by atoms with E-state index in [1.54, 1.807) is 6.07 Å². The summed E-state index contributed by atoms with van der Waals surface area (Å²) in [7, 11) is 0. The number of carbonyl (C=O) groups is 2. The van der Waals surface area contributed by atoms with Crippen molar-refractivity contribution in [2.75, 3.05) is 22.1 Å². The maximum atomic E-state index is 12.7. The Morgan fingerprint density at radius 1 is 0.889 bits per heavy atom. The summed E-state index contributed by atoms with van der Waals surface area (Å²) < 4.78 is 38.0. The summed E-state index contributed by atoms with van der Waals surface area (Å²) in [6.45, 7) is 3.91. The summed E-state index contributed by atoms with van der Waals surface area (Å²) in [5.41, 5.74) is 2.09. The number of nitrogens with one attached hydrogen (secondary N) is 2. The number of amides is 2. The summed E-state index contributed by atoms with van der Waals surface area (Å²) in [5.74, 6) is -0.715. The first-order valence-electron chi connectivity index (χ1n) is 8.07. The van der Waals surface area contributed by atoms with Crippen LogP contribution >= 0.6 is 11.8 Å². The fraction of sp³-hybridized carbons (Fsp3) is 0.263. The number of hydrogen-bond donors (Lipinski definition) is 2. The summed E-state index contributed by atoms with van der Waals surface area (Å²) >= 11 is 1.08. The van der Waals surface area contributed by atoms with E-state index < -0.39 is 17.6 Å². The number of hydrogen-bond acceptors (Lipinski definition) is 3. The molecule has 2 aromatic carbocycles. The van der Waals surface area contributed by atoms with E-state index in [0.717, 1.165) is 35.0 Å². The number of rotatable bonds is 6. The molecule has 0 radical (unpaired) electrons. The van der Waals surface area contributed by atoms with Crippen molar-refractivity contribution in [1.82, 2.24) is 0 Å². The molecule has 27 heavy (non-hydrogen) atoms. The van der Waals surface area contributed by atoms with Gasteiger partial charge in [-0.2, -0.15) is 13.2 Å². The molecule has 0 aromatic heterocycles. The first kappa shape index (κ1) is 20.8. The summed E-state index contributed by atoms with van der Waals surface area (Å²) in [6, 6.07) is 9.97. The fourth-order valence-corrected chi connectivity index (χ4v) is 2.84. The van der Waals surface area contributed by atoms with E-state index in [0.29, 0.717) is 5.69 Å². The second kappa shape index (κ2) is 8.94. The molecule has 0 atom stereocenters. The normalized spacial score (nSPS) is 11.1. The van der Waals surface area contributed by atoms with Gasteiger partial charge in [0.15, 0.2) is 0 Å². The average Bonchev–Trinajstić information content (AvgIpc) is 2.57. The minimum absolute atomic E-state index is 0.0450. The highest BCUT2D eigenvalue weighted by molar-refractivity contribution is 8.00. The molecule has 2 aromatic rings. The lowest BCUT2D eigenvalue weighted by atomic mass is 10.1. The zero-order valence-corrected chi connectivity index (χ0v) is 15.6. The number of alkyl halides is 3. The predicted molar refractivity (Wildman–Crippen MR) is 102 cm³/mol. The lowest BCUT2D eigenvalue weighted by molar-refractivity contribution is -0.137. The summed E-state index contributed by atoms with van der Waals surface area (Å²) in [6.07, 6.45) is -4.47. The smallest absolute Gasteiger partial charge is 0.325 e. The first-order valence-corrected chi connectivity index (χ1v) is 9.22. The van der Waals surface area contributed by atoms with Gasteiger partial charge in [-0.3, -0.25) is 9.59 Å². The van der Waals surface area contributed by atoms with Gasteiger partial charge in [0, 0.05) is 11.4 Å². The van der Waals surface area contributed by atoms with Crippen molar-refractivity contribution < 1.29 is 22.8 Å². The highest BCUT2D eigenvalue weighted by atomic mass is 32.2. The molecule has 0 heterocycles. The highest BCUT2D eigenvalue weighted by Gasteiger charge is 2.30. The fourth-order valence-electron chi connectivity index (χ4n) is 2.22. The van der Waals surface area contributed by atoms with Crippen LogP contribution in [0.2, 0.25) is 0 Å². The SMILES string of the molecule is Cc1ccc(NC(=O)CSCC(=O)Nc2cccc(C(F)(F)F)c2)cc1C. The van der Waals surface area contributed by atoms with Gasteiger partial charge in [-0.05, 0) is 55.3 Å². The van der Waals surface area contributed by atoms with Crippen LogP contribution in [-0.2, 0) is 15.8 Å². The van der Waals surface area contributed by atoms with E-state index >= 15 is 0 Å². The van der Waals surface area contributed by atoms with Gasteiger partial charge in [0.25, 0.3) is 0 Å². The number of anilines is 2. The van der Waals surface area contributed by atoms with E-state index in [1.807, 2.05) is 26.0 Å². The molecule has 0 aliphatic heterocycles. The minimum Gasteiger partial charge on any atom is -0.325 e. The Labute approximate surface area is 159 Å². The zero-order valence-electron chi connectivity index (χ0n) is 14.8. The third kappa shape index (κ3) is 6.63. The number of benzene rings is 2. The summed E-state index contributed by atoms with van der Waals surface area (Å²) in [5, 5.41) is 5.14. The van der Waals surface area contributed by atoms with Gasteiger partial charge >= 0.3 is 6.18 Å². The average molecular weight is 396 g/mol. The van der Waals surface area contributed by atoms with Crippen molar-refractivity contribution in [3.8, 4) is 0 Å². The number of carbonyl (C=O) groups excluding carboxylic acids is 2. The molecule has 0 aliphatic carbocycles. The van der Waals surface area contributed by atoms with Gasteiger partial charge in [0.05, 0.1) is 17.1 Å². The lowest BCUT2D eigenvalue weighted by Gasteiger charge is -2.10. The van der Waals surface area contributed by atoms with Gasteiger partial charge < -0.3 is 10.6 Å². The molecule has 0 spiro atoms. The van der Waals surface area contributed by atoms with Gasteiger partial charge in [-0.15, -0.1) is 11.8 Å². The van der Waals surface area contributed by atoms with Crippen LogP contribution in [-0.4, -0.2) is 23.3 Å². The van der Waals surface area contributed by atoms with E-state index in [1.165, 1.54) is 12.1 Å². The van der Waals surface area contributed by atoms with Crippen molar-refractivity contribution in [2.45, 2.75) is 20.0 Å². The van der Waals surface area contributed by atoms with Crippen molar-refractivity contribution in [3.05, 3.63) is 59.2 Å². The Balaban J connectivity index is 1.79. The molecule has 0 saturated carbocycles. The van der Waals surface area contributed by atoms with E-state index in [9.17, 15) is 22.8 Å². The monoisotopic (exact) mass is 396 g/mol. The number of halogens is 3. The maximum Gasteiger partial charge on any atom is 0.416 e. The second-order valence-corrected chi connectivity index (χ2v) is 6.95. The van der Waals surface area contributed by atoms with Gasteiger partial charge in [-0.25, -0.2) is 0 Å². The largest absolute Gasteiger partial charge is 0.416 e. The molecule has 8 heteroatoms. The van der Waals surface area contributed by atoms with E-state index in [2.05, 4.69) is 10.6 Å². The van der Waals surface area contributed by atoms with E-state index in [-0.39, 0.29) is 23.1 Å². The molecule has 0 aliphatic rings. The van der Waals surface area contributed by atoms with Crippen molar-refractivity contribution in [1.29, 1.82) is 0 Å². The van der Waals surface area contributed by atoms with Gasteiger partial charge in [0.1, 0.15) is 0 Å². The Morgan fingerprint density at radius 2 is 1.48 bits per heavy atom. The standard InChI is InChI=1S/C19H19F3N2O2S/c1-12-6-7-16(8-13(12)2)24-18(26)11-27-10-17(25)23-15-5-3-4-14(9-15)19(20,21)22/h3-9H,10-11H2,1-2H3,(H,23,25)(H,24,26). The van der Waals surface area contributed by atoms with Crippen LogP contribution in [0.3, 0.4) is 0 Å². The molecule has 0 fully saturated rings. The number of aryl methyl sites for hydroxylation is 2. The van der Waals surface area contributed by atoms with Crippen LogP contribution in [0.4, 0.5) is 24.5 Å². The first-order chi connectivity index (χ1) is 12.6. The molecule has 2 amide bonds. The van der Waals surface area contributed by atoms with Crippen LogP contribution in [0.25, 0.3) is 0 Å². The highest BCUT2D eigenvalue weighted by Crippen LogP contribution is 2.30. The maximum absolute atomic E-state index is 12.7. The van der Waals surface area contributed by atoms with Crippen LogP contribution in [0.1, 0.15) is 16.7 Å². The second-order valence-electron chi connectivity index (χ2n) is 5.97. The Hall–Kier alpha value is -2.48. The number of thioether (sulfide) groups is 1. The molecule has 0 unspecified atom stereocenters. The van der Waals surface area contributed by atoms with Crippen LogP contribution in [0.5, 0.6) is 0 Å². The molecule has 0 saturated heterocycles.